The number of rotatable bonds is 4. The van der Waals surface area contributed by atoms with Gasteiger partial charge < -0.3 is 9.80 Å². The number of nitrogens with zero attached hydrogens (tertiary/aromatic N) is 2. The predicted molar refractivity (Wildman–Crippen MR) is 88.5 cm³/mol. The van der Waals surface area contributed by atoms with Crippen molar-refractivity contribution in [1.29, 1.82) is 0 Å². The molecular formula is C18H34N2O. The van der Waals surface area contributed by atoms with Gasteiger partial charge in [-0.15, -0.1) is 0 Å². The van der Waals surface area contributed by atoms with Gasteiger partial charge in [-0.2, -0.15) is 0 Å². The van der Waals surface area contributed by atoms with Gasteiger partial charge in [-0.25, -0.2) is 0 Å². The van der Waals surface area contributed by atoms with E-state index >= 15 is 0 Å². The monoisotopic (exact) mass is 294 g/mol. The predicted octanol–water partition coefficient (Wildman–Crippen LogP) is 3.05. The van der Waals surface area contributed by atoms with Crippen molar-refractivity contribution >= 4 is 5.78 Å². The summed E-state index contributed by atoms with van der Waals surface area (Å²) in [5.41, 5.74) is 0.458. The smallest absolute Gasteiger partial charge is 0.137 e. The van der Waals surface area contributed by atoms with Gasteiger partial charge in [0.25, 0.3) is 0 Å². The van der Waals surface area contributed by atoms with Crippen LogP contribution in [0.2, 0.25) is 0 Å². The van der Waals surface area contributed by atoms with Gasteiger partial charge in [-0.3, -0.25) is 4.79 Å². The van der Waals surface area contributed by atoms with Crippen molar-refractivity contribution in [3.05, 3.63) is 0 Å². The number of Topliss-reactive ketones (excluding diaryl/α,β-unsaturated/α-hetero) is 1. The highest BCUT2D eigenvalue weighted by Gasteiger charge is 2.46. The first kappa shape index (κ1) is 17.0. The van der Waals surface area contributed by atoms with E-state index in [9.17, 15) is 4.79 Å². The molecule has 0 bridgehead atoms. The summed E-state index contributed by atoms with van der Waals surface area (Å²) in [6.45, 7) is 11.4. The van der Waals surface area contributed by atoms with Gasteiger partial charge >= 0.3 is 0 Å². The fraction of sp³-hybridized carbons (Fsp3) is 0.944. The van der Waals surface area contributed by atoms with E-state index in [-0.39, 0.29) is 11.3 Å². The summed E-state index contributed by atoms with van der Waals surface area (Å²) in [6, 6.07) is 0. The molecular weight excluding hydrogens is 260 g/mol. The minimum absolute atomic E-state index is 0.142. The quantitative estimate of drug-likeness (QED) is 0.796. The number of ketones is 1. The van der Waals surface area contributed by atoms with Crippen LogP contribution in [0, 0.1) is 16.7 Å². The topological polar surface area (TPSA) is 23.6 Å². The molecule has 0 aromatic rings. The zero-order chi connectivity index (χ0) is 15.7. The average Bonchev–Trinajstić information content (AvgIpc) is 2.70. The van der Waals surface area contributed by atoms with E-state index in [4.69, 9.17) is 0 Å². The second kappa shape index (κ2) is 6.37. The molecule has 0 aromatic carbocycles. The van der Waals surface area contributed by atoms with Crippen molar-refractivity contribution in [2.75, 3.05) is 40.3 Å². The van der Waals surface area contributed by atoms with Crippen LogP contribution in [-0.2, 0) is 4.79 Å². The fourth-order valence-corrected chi connectivity index (χ4v) is 4.29. The molecule has 0 radical (unpaired) electrons. The van der Waals surface area contributed by atoms with E-state index in [0.717, 1.165) is 25.9 Å². The molecule has 2 aliphatic rings. The molecule has 0 amide bonds. The molecule has 2 unspecified atom stereocenters. The highest BCUT2D eigenvalue weighted by molar-refractivity contribution is 5.83. The molecule has 3 nitrogen and oxygen atoms in total. The van der Waals surface area contributed by atoms with Crippen molar-refractivity contribution < 1.29 is 4.79 Å². The average molecular weight is 294 g/mol. The second-order valence-electron chi connectivity index (χ2n) is 8.78. The summed E-state index contributed by atoms with van der Waals surface area (Å²) >= 11 is 0. The highest BCUT2D eigenvalue weighted by atomic mass is 16.1. The standard InChI is InChI=1S/C18H34N2O/c1-17(2,3)15-7-8-18(13-16(15)21)9-12-20(14-18)11-6-10-19(4)5/h15H,6-14H2,1-5H3. The third kappa shape index (κ3) is 4.29. The van der Waals surface area contributed by atoms with E-state index in [1.165, 1.54) is 32.4 Å². The lowest BCUT2D eigenvalue weighted by Crippen LogP contribution is -2.41. The zero-order valence-electron chi connectivity index (χ0n) is 14.7. The third-order valence-electron chi connectivity index (χ3n) is 5.54. The number of hydrogen-bond donors (Lipinski definition) is 0. The molecule has 1 saturated carbocycles. The SMILES string of the molecule is CN(C)CCCN1CCC2(CCC(C(C)(C)C)C(=O)C2)C1. The van der Waals surface area contributed by atoms with Gasteiger partial charge in [0.2, 0.25) is 0 Å². The maximum Gasteiger partial charge on any atom is 0.137 e. The van der Waals surface area contributed by atoms with E-state index in [1.54, 1.807) is 0 Å². The van der Waals surface area contributed by atoms with Crippen LogP contribution in [0.25, 0.3) is 0 Å². The van der Waals surface area contributed by atoms with Gasteiger partial charge in [0, 0.05) is 18.9 Å². The number of hydrogen-bond acceptors (Lipinski definition) is 3. The summed E-state index contributed by atoms with van der Waals surface area (Å²) in [5.74, 6) is 0.815. The van der Waals surface area contributed by atoms with Crippen LogP contribution >= 0.6 is 0 Å². The number of carbonyl (C=O) groups excluding carboxylic acids is 1. The summed E-state index contributed by atoms with van der Waals surface area (Å²) in [7, 11) is 4.27. The first-order chi connectivity index (χ1) is 9.72. The number of likely N-dealkylation sites (tertiary alicyclic amines) is 1. The van der Waals surface area contributed by atoms with Crippen molar-refractivity contribution in [3.63, 3.8) is 0 Å². The number of carbonyl (C=O) groups is 1. The molecule has 1 saturated heterocycles. The van der Waals surface area contributed by atoms with Crippen LogP contribution in [0.4, 0.5) is 0 Å². The molecule has 1 heterocycles. The Morgan fingerprint density at radius 1 is 1.29 bits per heavy atom. The third-order valence-corrected chi connectivity index (χ3v) is 5.54. The highest BCUT2D eigenvalue weighted by Crippen LogP contribution is 2.47. The molecule has 1 aliphatic carbocycles. The molecule has 2 rings (SSSR count). The van der Waals surface area contributed by atoms with Gasteiger partial charge in [-0.05, 0) is 70.2 Å². The fourth-order valence-electron chi connectivity index (χ4n) is 4.29. The van der Waals surface area contributed by atoms with E-state index in [1.807, 2.05) is 0 Å². The van der Waals surface area contributed by atoms with E-state index in [2.05, 4.69) is 44.7 Å². The van der Waals surface area contributed by atoms with Gasteiger partial charge in [0.15, 0.2) is 0 Å². The summed E-state index contributed by atoms with van der Waals surface area (Å²) in [6.07, 6.45) is 5.66. The Labute approximate surface area is 131 Å². The van der Waals surface area contributed by atoms with Crippen LogP contribution < -0.4 is 0 Å². The van der Waals surface area contributed by atoms with Crippen LogP contribution in [0.5, 0.6) is 0 Å². The molecule has 0 aromatic heterocycles. The minimum atomic E-state index is 0.142. The Morgan fingerprint density at radius 2 is 2.00 bits per heavy atom. The van der Waals surface area contributed by atoms with Gasteiger partial charge in [-0.1, -0.05) is 20.8 Å². The first-order valence-electron chi connectivity index (χ1n) is 8.62. The lowest BCUT2D eigenvalue weighted by Gasteiger charge is -2.41. The van der Waals surface area contributed by atoms with E-state index < -0.39 is 0 Å². The lowest BCUT2D eigenvalue weighted by molar-refractivity contribution is -0.132. The molecule has 2 fully saturated rings. The normalized spacial score (nSPS) is 31.5. The molecule has 2 atom stereocenters. The van der Waals surface area contributed by atoms with Gasteiger partial charge in [0.05, 0.1) is 0 Å². The first-order valence-corrected chi connectivity index (χ1v) is 8.62. The summed E-state index contributed by atoms with van der Waals surface area (Å²) in [5, 5.41) is 0. The van der Waals surface area contributed by atoms with Crippen LogP contribution in [0.1, 0.15) is 52.9 Å². The summed E-state index contributed by atoms with van der Waals surface area (Å²) < 4.78 is 0. The molecule has 21 heavy (non-hydrogen) atoms. The molecule has 1 spiro atoms. The molecule has 0 N–H and O–H groups in total. The maximum absolute atomic E-state index is 12.6. The zero-order valence-corrected chi connectivity index (χ0v) is 14.7. The Balaban J connectivity index is 1.85. The van der Waals surface area contributed by atoms with Gasteiger partial charge in [0.1, 0.15) is 5.78 Å². The largest absolute Gasteiger partial charge is 0.309 e. The lowest BCUT2D eigenvalue weighted by atomic mass is 9.63. The van der Waals surface area contributed by atoms with Crippen molar-refractivity contribution in [3.8, 4) is 0 Å². The maximum atomic E-state index is 12.6. The minimum Gasteiger partial charge on any atom is -0.309 e. The Bertz CT molecular complexity index is 372. The van der Waals surface area contributed by atoms with Crippen LogP contribution in [0.3, 0.4) is 0 Å². The van der Waals surface area contributed by atoms with Crippen LogP contribution in [0.15, 0.2) is 0 Å². The molecule has 3 heteroatoms. The Hall–Kier alpha value is -0.410. The van der Waals surface area contributed by atoms with Crippen molar-refractivity contribution in [1.82, 2.24) is 9.80 Å². The molecule has 122 valence electrons. The Kier molecular flexibility index (Phi) is 5.15. The summed E-state index contributed by atoms with van der Waals surface area (Å²) in [4.78, 5) is 17.4. The second-order valence-corrected chi connectivity index (χ2v) is 8.78. The van der Waals surface area contributed by atoms with Crippen molar-refractivity contribution in [2.24, 2.45) is 16.7 Å². The van der Waals surface area contributed by atoms with E-state index in [0.29, 0.717) is 11.2 Å². The molecule has 1 aliphatic heterocycles. The van der Waals surface area contributed by atoms with Crippen LogP contribution in [-0.4, -0.2) is 55.9 Å². The Morgan fingerprint density at radius 3 is 2.57 bits per heavy atom. The van der Waals surface area contributed by atoms with Crippen molar-refractivity contribution in [2.45, 2.75) is 52.9 Å².